The Bertz CT molecular complexity index is 1480. The molecule has 0 saturated carbocycles. The van der Waals surface area contributed by atoms with E-state index in [1.165, 1.54) is 12.1 Å². The van der Waals surface area contributed by atoms with Crippen molar-refractivity contribution in [2.45, 2.75) is 0 Å². The number of aromatic nitrogens is 5. The van der Waals surface area contributed by atoms with Crippen molar-refractivity contribution < 1.29 is 0 Å². The van der Waals surface area contributed by atoms with E-state index in [2.05, 4.69) is 15.1 Å². The molecule has 7 nitrogen and oxygen atoms in total. The number of nitrogens with zero attached hydrogens (tertiary/aromatic N) is 3. The molecule has 5 aromatic rings. The maximum atomic E-state index is 11.7. The Balaban J connectivity index is 1.82. The minimum Gasteiger partial charge on any atom is -0.322 e. The molecule has 2 N–H and O–H groups in total. The van der Waals surface area contributed by atoms with Gasteiger partial charge < -0.3 is 9.97 Å². The highest BCUT2D eigenvalue weighted by Crippen LogP contribution is 2.33. The van der Waals surface area contributed by atoms with Gasteiger partial charge in [-0.15, -0.1) is 0 Å². The summed E-state index contributed by atoms with van der Waals surface area (Å²) in [6, 6.07) is 16.3. The molecule has 0 aliphatic heterocycles. The number of hydrogen-bond donors (Lipinski definition) is 2. The zero-order chi connectivity index (χ0) is 19.3. The van der Waals surface area contributed by atoms with E-state index < -0.39 is 0 Å². The molecule has 28 heavy (non-hydrogen) atoms. The number of fused-ring (bicyclic) bond motifs is 2. The van der Waals surface area contributed by atoms with Crippen LogP contribution in [-0.4, -0.2) is 24.7 Å². The van der Waals surface area contributed by atoms with Crippen LogP contribution in [0.15, 0.2) is 70.4 Å². The molecule has 4 aromatic heterocycles. The minimum atomic E-state index is -0.200. The molecule has 0 fully saturated rings. The van der Waals surface area contributed by atoms with Gasteiger partial charge in [0.1, 0.15) is 17.0 Å². The normalized spacial score (nSPS) is 11.3. The standard InChI is InChI=1S/C21H15N5O2/c1-26-9-8-17(25-26)20-15(11-14-4-7-19(28)23-21(14)24-20)12-2-5-16-13(10-12)3-6-18(27)22-16/h2-11H,1H3,(H,22,27)(H,23,24,28). The highest BCUT2D eigenvalue weighted by Gasteiger charge is 2.14. The van der Waals surface area contributed by atoms with Crippen molar-refractivity contribution in [1.82, 2.24) is 24.7 Å². The first kappa shape index (κ1) is 16.2. The molecule has 0 unspecified atom stereocenters. The SMILES string of the molecule is Cn1ccc(-c2nc3[nH]c(=O)ccc3cc2-c2ccc3[nH]c(=O)ccc3c2)n1. The Morgan fingerprint density at radius 3 is 2.43 bits per heavy atom. The van der Waals surface area contributed by atoms with E-state index in [1.807, 2.05) is 43.6 Å². The summed E-state index contributed by atoms with van der Waals surface area (Å²) < 4.78 is 1.71. The van der Waals surface area contributed by atoms with Gasteiger partial charge in [0.05, 0.1) is 0 Å². The second-order valence-electron chi connectivity index (χ2n) is 6.64. The largest absolute Gasteiger partial charge is 0.322 e. The number of rotatable bonds is 2. The van der Waals surface area contributed by atoms with Crippen molar-refractivity contribution in [3.05, 3.63) is 81.5 Å². The van der Waals surface area contributed by atoms with Gasteiger partial charge in [-0.25, -0.2) is 4.98 Å². The summed E-state index contributed by atoms with van der Waals surface area (Å²) in [5.41, 5.74) is 4.19. The van der Waals surface area contributed by atoms with Crippen LogP contribution in [0.3, 0.4) is 0 Å². The van der Waals surface area contributed by atoms with Gasteiger partial charge in [-0.3, -0.25) is 14.3 Å². The number of hydrogen-bond acceptors (Lipinski definition) is 4. The number of benzene rings is 1. The fourth-order valence-corrected chi connectivity index (χ4v) is 3.36. The average molecular weight is 369 g/mol. The molecule has 0 saturated heterocycles. The number of pyridine rings is 3. The van der Waals surface area contributed by atoms with Gasteiger partial charge >= 0.3 is 0 Å². The fourth-order valence-electron chi connectivity index (χ4n) is 3.36. The number of H-pyrrole nitrogens is 2. The van der Waals surface area contributed by atoms with Crippen LogP contribution in [-0.2, 0) is 7.05 Å². The summed E-state index contributed by atoms with van der Waals surface area (Å²) in [7, 11) is 1.85. The molecule has 0 aliphatic carbocycles. The van der Waals surface area contributed by atoms with Crippen LogP contribution in [0.1, 0.15) is 0 Å². The first-order valence-corrected chi connectivity index (χ1v) is 8.74. The summed E-state index contributed by atoms with van der Waals surface area (Å²) >= 11 is 0. The van der Waals surface area contributed by atoms with Crippen molar-refractivity contribution in [3.63, 3.8) is 0 Å². The topological polar surface area (TPSA) is 96.4 Å². The first-order chi connectivity index (χ1) is 13.6. The van der Waals surface area contributed by atoms with Gasteiger partial charge in [0, 0.05) is 41.8 Å². The lowest BCUT2D eigenvalue weighted by molar-refractivity contribution is 0.770. The molecule has 0 bridgehead atoms. The number of aryl methyl sites for hydroxylation is 1. The molecule has 0 amide bonds. The molecule has 5 rings (SSSR count). The minimum absolute atomic E-state index is 0.134. The van der Waals surface area contributed by atoms with Gasteiger partial charge in [-0.1, -0.05) is 6.07 Å². The molecule has 136 valence electrons. The van der Waals surface area contributed by atoms with Crippen molar-refractivity contribution in [3.8, 4) is 22.5 Å². The summed E-state index contributed by atoms with van der Waals surface area (Å²) in [6.07, 6.45) is 1.85. The van der Waals surface area contributed by atoms with E-state index in [-0.39, 0.29) is 11.1 Å². The second-order valence-corrected chi connectivity index (χ2v) is 6.64. The van der Waals surface area contributed by atoms with Gasteiger partial charge in [0.25, 0.3) is 0 Å². The van der Waals surface area contributed by atoms with Gasteiger partial charge in [0.15, 0.2) is 0 Å². The van der Waals surface area contributed by atoms with Gasteiger partial charge in [0.2, 0.25) is 11.1 Å². The summed E-state index contributed by atoms with van der Waals surface area (Å²) in [5.74, 6) is 0. The lowest BCUT2D eigenvalue weighted by Gasteiger charge is -2.10. The third-order valence-corrected chi connectivity index (χ3v) is 4.70. The predicted octanol–water partition coefficient (Wildman–Crippen LogP) is 2.83. The average Bonchev–Trinajstić information content (AvgIpc) is 3.12. The van der Waals surface area contributed by atoms with Crippen LogP contribution >= 0.6 is 0 Å². The van der Waals surface area contributed by atoms with Crippen LogP contribution in [0, 0.1) is 0 Å². The Morgan fingerprint density at radius 2 is 1.64 bits per heavy atom. The lowest BCUT2D eigenvalue weighted by atomic mass is 9.99. The maximum absolute atomic E-state index is 11.7. The molecule has 0 atom stereocenters. The van der Waals surface area contributed by atoms with E-state index >= 15 is 0 Å². The smallest absolute Gasteiger partial charge is 0.249 e. The van der Waals surface area contributed by atoms with E-state index in [9.17, 15) is 9.59 Å². The number of aromatic amines is 2. The van der Waals surface area contributed by atoms with Crippen molar-refractivity contribution >= 4 is 21.9 Å². The molecule has 4 heterocycles. The van der Waals surface area contributed by atoms with Crippen molar-refractivity contribution in [1.29, 1.82) is 0 Å². The first-order valence-electron chi connectivity index (χ1n) is 8.74. The quantitative estimate of drug-likeness (QED) is 0.500. The summed E-state index contributed by atoms with van der Waals surface area (Å²) in [4.78, 5) is 33.6. The fraction of sp³-hybridized carbons (Fsp3) is 0.0476. The van der Waals surface area contributed by atoms with Crippen molar-refractivity contribution in [2.75, 3.05) is 0 Å². The van der Waals surface area contributed by atoms with Crippen molar-refractivity contribution in [2.24, 2.45) is 7.05 Å². The van der Waals surface area contributed by atoms with Gasteiger partial charge in [-0.05, 0) is 47.3 Å². The Morgan fingerprint density at radius 1 is 0.857 bits per heavy atom. The lowest BCUT2D eigenvalue weighted by Crippen LogP contribution is -2.05. The number of nitrogens with one attached hydrogen (secondary N) is 2. The Kier molecular flexibility index (Phi) is 3.48. The highest BCUT2D eigenvalue weighted by atomic mass is 16.1. The second kappa shape index (κ2) is 6.02. The van der Waals surface area contributed by atoms with Gasteiger partial charge in [-0.2, -0.15) is 5.10 Å². The Hall–Kier alpha value is -4.00. The molecule has 0 radical (unpaired) electrons. The third-order valence-electron chi connectivity index (χ3n) is 4.70. The molecule has 1 aromatic carbocycles. The molecular weight excluding hydrogens is 354 g/mol. The van der Waals surface area contributed by atoms with Crippen LogP contribution in [0.2, 0.25) is 0 Å². The monoisotopic (exact) mass is 369 g/mol. The maximum Gasteiger partial charge on any atom is 0.249 e. The van der Waals surface area contributed by atoms with E-state index in [4.69, 9.17) is 4.98 Å². The molecule has 7 heteroatoms. The zero-order valence-electron chi connectivity index (χ0n) is 14.9. The summed E-state index contributed by atoms with van der Waals surface area (Å²) in [5, 5.41) is 6.24. The summed E-state index contributed by atoms with van der Waals surface area (Å²) in [6.45, 7) is 0. The third kappa shape index (κ3) is 2.69. The van der Waals surface area contributed by atoms with Crippen LogP contribution in [0.25, 0.3) is 44.5 Å². The Labute approximate surface area is 158 Å². The molecular formula is C21H15N5O2. The van der Waals surface area contributed by atoms with E-state index in [1.54, 1.807) is 16.8 Å². The van der Waals surface area contributed by atoms with E-state index in [0.717, 1.165) is 27.4 Å². The predicted molar refractivity (Wildman–Crippen MR) is 108 cm³/mol. The van der Waals surface area contributed by atoms with Crippen LogP contribution < -0.4 is 11.1 Å². The molecule has 0 spiro atoms. The molecule has 0 aliphatic rings. The highest BCUT2D eigenvalue weighted by molar-refractivity contribution is 5.92. The van der Waals surface area contributed by atoms with E-state index in [0.29, 0.717) is 17.0 Å². The zero-order valence-corrected chi connectivity index (χ0v) is 14.9. The van der Waals surface area contributed by atoms with Crippen LogP contribution in [0.4, 0.5) is 0 Å². The van der Waals surface area contributed by atoms with Crippen LogP contribution in [0.5, 0.6) is 0 Å².